The zero-order valence-corrected chi connectivity index (χ0v) is 10.3. The van der Waals surface area contributed by atoms with E-state index in [1.807, 2.05) is 0 Å². The molecule has 0 bridgehead atoms. The molecule has 1 aliphatic rings. The summed E-state index contributed by atoms with van der Waals surface area (Å²) < 4.78 is 4.92. The highest BCUT2D eigenvalue weighted by atomic mass is 16.5. The van der Waals surface area contributed by atoms with Crippen molar-refractivity contribution in [3.8, 4) is 0 Å². The van der Waals surface area contributed by atoms with E-state index < -0.39 is 17.3 Å². The van der Waals surface area contributed by atoms with Crippen LogP contribution in [-0.4, -0.2) is 30.2 Å². The van der Waals surface area contributed by atoms with Gasteiger partial charge in [-0.3, -0.25) is 9.59 Å². The Bertz CT molecular complexity index is 284. The number of aliphatic carboxylic acids is 1. The van der Waals surface area contributed by atoms with E-state index in [1.165, 1.54) is 0 Å². The molecule has 98 valence electrons. The fourth-order valence-corrected chi connectivity index (χ4v) is 2.55. The summed E-state index contributed by atoms with van der Waals surface area (Å²) >= 11 is 0. The number of esters is 1. The lowest BCUT2D eigenvalue weighted by molar-refractivity contribution is -0.154. The van der Waals surface area contributed by atoms with Gasteiger partial charge >= 0.3 is 11.9 Å². The van der Waals surface area contributed by atoms with Gasteiger partial charge in [0, 0.05) is 6.54 Å². The first-order valence-corrected chi connectivity index (χ1v) is 6.16. The molecule has 17 heavy (non-hydrogen) atoms. The van der Waals surface area contributed by atoms with E-state index in [0.717, 1.165) is 12.8 Å². The molecule has 5 nitrogen and oxygen atoms in total. The average molecular weight is 243 g/mol. The molecule has 0 aromatic heterocycles. The molecule has 0 aliphatic heterocycles. The van der Waals surface area contributed by atoms with E-state index >= 15 is 0 Å². The van der Waals surface area contributed by atoms with E-state index in [4.69, 9.17) is 10.5 Å². The van der Waals surface area contributed by atoms with Crippen molar-refractivity contribution in [2.24, 2.45) is 17.1 Å². The maximum absolute atomic E-state index is 11.6. The van der Waals surface area contributed by atoms with E-state index in [1.54, 1.807) is 6.92 Å². The van der Waals surface area contributed by atoms with E-state index in [0.29, 0.717) is 25.9 Å². The molecule has 0 amide bonds. The van der Waals surface area contributed by atoms with Crippen LogP contribution >= 0.6 is 0 Å². The molecule has 0 aromatic carbocycles. The van der Waals surface area contributed by atoms with Gasteiger partial charge < -0.3 is 15.6 Å². The molecule has 5 heteroatoms. The largest absolute Gasteiger partial charge is 0.481 e. The molecule has 0 heterocycles. The smallest absolute Gasteiger partial charge is 0.310 e. The number of hydrogen-bond acceptors (Lipinski definition) is 4. The zero-order valence-electron chi connectivity index (χ0n) is 10.3. The molecule has 1 rings (SSSR count). The van der Waals surface area contributed by atoms with Gasteiger partial charge in [-0.05, 0) is 26.2 Å². The third kappa shape index (κ3) is 3.19. The minimum Gasteiger partial charge on any atom is -0.481 e. The number of carboxylic acid groups (broad SMARTS) is 1. The van der Waals surface area contributed by atoms with Crippen molar-refractivity contribution in [3.63, 3.8) is 0 Å². The van der Waals surface area contributed by atoms with Crippen LogP contribution in [0.15, 0.2) is 0 Å². The third-order valence-corrected chi connectivity index (χ3v) is 3.56. The Kier molecular flexibility index (Phi) is 4.93. The normalized spacial score (nSPS) is 19.9. The molecule has 3 N–H and O–H groups in total. The standard InChI is InChI=1S/C12H21NO4/c1-2-17-10(14)9(8-13)7-12(11(15)16)5-3-4-6-12/h9H,2-8,13H2,1H3,(H,15,16). The Hall–Kier alpha value is -1.10. The highest BCUT2D eigenvalue weighted by Crippen LogP contribution is 2.43. The molecule has 1 fully saturated rings. The van der Waals surface area contributed by atoms with E-state index in [9.17, 15) is 14.7 Å². The van der Waals surface area contributed by atoms with E-state index in [2.05, 4.69) is 0 Å². The lowest BCUT2D eigenvalue weighted by Crippen LogP contribution is -2.36. The summed E-state index contributed by atoms with van der Waals surface area (Å²) in [6.45, 7) is 2.18. The van der Waals surface area contributed by atoms with Gasteiger partial charge in [-0.15, -0.1) is 0 Å². The SMILES string of the molecule is CCOC(=O)C(CN)CC1(C(=O)O)CCCC1. The fraction of sp³-hybridized carbons (Fsp3) is 0.833. The van der Waals surface area contributed by atoms with Crippen LogP contribution in [0.4, 0.5) is 0 Å². The first-order valence-electron chi connectivity index (χ1n) is 6.16. The second-order valence-electron chi connectivity index (χ2n) is 4.68. The molecule has 1 atom stereocenters. The maximum Gasteiger partial charge on any atom is 0.310 e. The quantitative estimate of drug-likeness (QED) is 0.683. The second kappa shape index (κ2) is 6.00. The van der Waals surface area contributed by atoms with Crippen LogP contribution in [0.3, 0.4) is 0 Å². The Morgan fingerprint density at radius 1 is 1.41 bits per heavy atom. The Balaban J connectivity index is 2.71. The number of carboxylic acids is 1. The van der Waals surface area contributed by atoms with Gasteiger partial charge in [0.15, 0.2) is 0 Å². The Morgan fingerprint density at radius 3 is 2.41 bits per heavy atom. The van der Waals surface area contributed by atoms with Crippen molar-refractivity contribution in [1.29, 1.82) is 0 Å². The number of rotatable bonds is 6. The average Bonchev–Trinajstić information content (AvgIpc) is 2.76. The predicted molar refractivity (Wildman–Crippen MR) is 62.3 cm³/mol. The number of carbonyl (C=O) groups is 2. The van der Waals surface area contributed by atoms with Gasteiger partial charge in [0.05, 0.1) is 17.9 Å². The first kappa shape index (κ1) is 14.0. The second-order valence-corrected chi connectivity index (χ2v) is 4.68. The molecule has 0 aromatic rings. The fourth-order valence-electron chi connectivity index (χ4n) is 2.55. The van der Waals surface area contributed by atoms with Crippen LogP contribution in [0.25, 0.3) is 0 Å². The number of hydrogen-bond donors (Lipinski definition) is 2. The summed E-state index contributed by atoms with van der Waals surface area (Å²) in [5.41, 5.74) is 4.78. The van der Waals surface area contributed by atoms with Crippen LogP contribution in [0.2, 0.25) is 0 Å². The molecular formula is C12H21NO4. The molecule has 0 radical (unpaired) electrons. The van der Waals surface area contributed by atoms with Gasteiger partial charge in [-0.1, -0.05) is 12.8 Å². The minimum atomic E-state index is -0.808. The van der Waals surface area contributed by atoms with E-state index in [-0.39, 0.29) is 12.5 Å². The third-order valence-electron chi connectivity index (χ3n) is 3.56. The van der Waals surface area contributed by atoms with Crippen LogP contribution in [-0.2, 0) is 14.3 Å². The zero-order chi connectivity index (χ0) is 12.9. The van der Waals surface area contributed by atoms with Crippen LogP contribution in [0, 0.1) is 11.3 Å². The lowest BCUT2D eigenvalue weighted by atomic mass is 9.77. The number of nitrogens with two attached hydrogens (primary N) is 1. The first-order chi connectivity index (χ1) is 8.05. The van der Waals surface area contributed by atoms with Gasteiger partial charge in [0.1, 0.15) is 0 Å². The molecular weight excluding hydrogens is 222 g/mol. The Labute approximate surface area is 101 Å². The minimum absolute atomic E-state index is 0.147. The van der Waals surface area contributed by atoms with Crippen molar-refractivity contribution in [2.75, 3.05) is 13.2 Å². The highest BCUT2D eigenvalue weighted by Gasteiger charge is 2.44. The summed E-state index contributed by atoms with van der Waals surface area (Å²) in [6, 6.07) is 0. The summed E-state index contributed by atoms with van der Waals surface area (Å²) in [5.74, 6) is -1.68. The summed E-state index contributed by atoms with van der Waals surface area (Å²) in [6.07, 6.45) is 3.40. The molecule has 0 saturated heterocycles. The van der Waals surface area contributed by atoms with Crippen LogP contribution in [0.1, 0.15) is 39.0 Å². The summed E-state index contributed by atoms with van der Waals surface area (Å²) in [7, 11) is 0. The van der Waals surface area contributed by atoms with Gasteiger partial charge in [-0.25, -0.2) is 0 Å². The Morgan fingerprint density at radius 2 is 2.00 bits per heavy atom. The lowest BCUT2D eigenvalue weighted by Gasteiger charge is -2.27. The monoisotopic (exact) mass is 243 g/mol. The van der Waals surface area contributed by atoms with Crippen molar-refractivity contribution in [3.05, 3.63) is 0 Å². The van der Waals surface area contributed by atoms with Gasteiger partial charge in [0.2, 0.25) is 0 Å². The molecule has 0 spiro atoms. The number of ether oxygens (including phenoxy) is 1. The van der Waals surface area contributed by atoms with Crippen molar-refractivity contribution in [2.45, 2.75) is 39.0 Å². The summed E-state index contributed by atoms with van der Waals surface area (Å²) in [5, 5.41) is 9.33. The highest BCUT2D eigenvalue weighted by molar-refractivity contribution is 5.78. The van der Waals surface area contributed by atoms with Crippen molar-refractivity contribution in [1.82, 2.24) is 0 Å². The van der Waals surface area contributed by atoms with Gasteiger partial charge in [-0.2, -0.15) is 0 Å². The van der Waals surface area contributed by atoms with Crippen molar-refractivity contribution >= 4 is 11.9 Å². The maximum atomic E-state index is 11.6. The molecule has 1 saturated carbocycles. The van der Waals surface area contributed by atoms with Gasteiger partial charge in [0.25, 0.3) is 0 Å². The van der Waals surface area contributed by atoms with Crippen LogP contribution < -0.4 is 5.73 Å². The van der Waals surface area contributed by atoms with Crippen molar-refractivity contribution < 1.29 is 19.4 Å². The number of carbonyl (C=O) groups excluding carboxylic acids is 1. The molecule has 1 unspecified atom stereocenters. The topological polar surface area (TPSA) is 89.6 Å². The summed E-state index contributed by atoms with van der Waals surface area (Å²) in [4.78, 5) is 23.0. The molecule has 1 aliphatic carbocycles. The van der Waals surface area contributed by atoms with Crippen LogP contribution in [0.5, 0.6) is 0 Å². The predicted octanol–water partition coefficient (Wildman–Crippen LogP) is 1.16.